The first-order valence-electron chi connectivity index (χ1n) is 8.82. The van der Waals surface area contributed by atoms with Crippen molar-refractivity contribution >= 4 is 16.9 Å². The van der Waals surface area contributed by atoms with Gasteiger partial charge in [-0.2, -0.15) is 5.10 Å². The van der Waals surface area contributed by atoms with E-state index in [-0.39, 0.29) is 18.9 Å². The van der Waals surface area contributed by atoms with Crippen LogP contribution in [0.3, 0.4) is 0 Å². The Balaban J connectivity index is 1.73. The van der Waals surface area contributed by atoms with Crippen LogP contribution in [0.1, 0.15) is 37.1 Å². The van der Waals surface area contributed by atoms with E-state index in [4.69, 9.17) is 4.98 Å². The van der Waals surface area contributed by atoms with Gasteiger partial charge in [0.15, 0.2) is 11.6 Å². The number of anilines is 1. The summed E-state index contributed by atoms with van der Waals surface area (Å²) in [6, 6.07) is 3.91. The van der Waals surface area contributed by atoms with Gasteiger partial charge in [0.2, 0.25) is 5.92 Å². The SMILES string of the molecule is Cc1cc(C)n(-c2cc3c(ncn3C)c(NC3CCC(F)(F)CC3)n2)n1. The minimum absolute atomic E-state index is 0.0250. The third-order valence-corrected chi connectivity index (χ3v) is 4.98. The molecule has 6 nitrogen and oxygen atoms in total. The molecule has 4 rings (SSSR count). The van der Waals surface area contributed by atoms with Gasteiger partial charge in [-0.15, -0.1) is 0 Å². The van der Waals surface area contributed by atoms with Crippen molar-refractivity contribution in [2.45, 2.75) is 51.5 Å². The van der Waals surface area contributed by atoms with E-state index in [2.05, 4.69) is 15.4 Å². The monoisotopic (exact) mass is 360 g/mol. The molecular weight excluding hydrogens is 338 g/mol. The zero-order valence-electron chi connectivity index (χ0n) is 15.1. The van der Waals surface area contributed by atoms with Gasteiger partial charge < -0.3 is 9.88 Å². The lowest BCUT2D eigenvalue weighted by molar-refractivity contribution is -0.0361. The van der Waals surface area contributed by atoms with Crippen LogP contribution >= 0.6 is 0 Å². The average Bonchev–Trinajstić information content (AvgIpc) is 3.12. The van der Waals surface area contributed by atoms with Crippen molar-refractivity contribution in [1.29, 1.82) is 0 Å². The number of hydrogen-bond acceptors (Lipinski definition) is 4. The topological polar surface area (TPSA) is 60.6 Å². The predicted molar refractivity (Wildman–Crippen MR) is 95.9 cm³/mol. The third-order valence-electron chi connectivity index (χ3n) is 4.98. The van der Waals surface area contributed by atoms with Crippen LogP contribution in [0.15, 0.2) is 18.5 Å². The molecule has 0 atom stereocenters. The number of rotatable bonds is 3. The fourth-order valence-corrected chi connectivity index (χ4v) is 3.56. The molecule has 1 fully saturated rings. The number of fused-ring (bicyclic) bond motifs is 1. The Morgan fingerprint density at radius 1 is 1.19 bits per heavy atom. The first kappa shape index (κ1) is 16.9. The van der Waals surface area contributed by atoms with Gasteiger partial charge >= 0.3 is 0 Å². The van der Waals surface area contributed by atoms with Gasteiger partial charge in [0, 0.05) is 37.7 Å². The number of nitrogens with zero attached hydrogens (tertiary/aromatic N) is 5. The Morgan fingerprint density at radius 3 is 2.58 bits per heavy atom. The van der Waals surface area contributed by atoms with Crippen molar-refractivity contribution in [3.8, 4) is 5.82 Å². The van der Waals surface area contributed by atoms with Gasteiger partial charge in [-0.1, -0.05) is 0 Å². The zero-order valence-corrected chi connectivity index (χ0v) is 15.1. The van der Waals surface area contributed by atoms with E-state index in [0.29, 0.717) is 24.5 Å². The smallest absolute Gasteiger partial charge is 0.248 e. The van der Waals surface area contributed by atoms with Crippen molar-refractivity contribution < 1.29 is 8.78 Å². The van der Waals surface area contributed by atoms with Crippen LogP contribution < -0.4 is 5.32 Å². The van der Waals surface area contributed by atoms with Gasteiger partial charge in [0.05, 0.1) is 17.5 Å². The van der Waals surface area contributed by atoms with Crippen LogP contribution in [0, 0.1) is 13.8 Å². The summed E-state index contributed by atoms with van der Waals surface area (Å²) in [6.07, 6.45) is 2.40. The molecule has 0 aliphatic heterocycles. The zero-order chi connectivity index (χ0) is 18.5. The molecule has 0 aromatic carbocycles. The number of nitrogens with one attached hydrogen (secondary N) is 1. The lowest BCUT2D eigenvalue weighted by Crippen LogP contribution is -2.32. The molecule has 0 bridgehead atoms. The van der Waals surface area contributed by atoms with Gasteiger partial charge in [-0.25, -0.2) is 23.4 Å². The van der Waals surface area contributed by atoms with Crippen LogP contribution in [0.4, 0.5) is 14.6 Å². The number of halogens is 2. The van der Waals surface area contributed by atoms with E-state index in [0.717, 1.165) is 22.4 Å². The Kier molecular flexibility index (Phi) is 3.93. The normalized spacial score (nSPS) is 17.7. The van der Waals surface area contributed by atoms with E-state index in [1.54, 1.807) is 11.0 Å². The van der Waals surface area contributed by atoms with Crippen LogP contribution in [-0.4, -0.2) is 36.3 Å². The van der Waals surface area contributed by atoms with Crippen molar-refractivity contribution in [2.75, 3.05) is 5.32 Å². The second-order valence-electron chi connectivity index (χ2n) is 7.17. The van der Waals surface area contributed by atoms with Gasteiger partial charge in [-0.3, -0.25) is 0 Å². The van der Waals surface area contributed by atoms with Gasteiger partial charge in [0.1, 0.15) is 5.52 Å². The minimum Gasteiger partial charge on any atom is -0.365 e. The molecule has 0 amide bonds. The summed E-state index contributed by atoms with van der Waals surface area (Å²) in [5.74, 6) is -1.23. The van der Waals surface area contributed by atoms with Crippen molar-refractivity contribution in [1.82, 2.24) is 24.3 Å². The van der Waals surface area contributed by atoms with Crippen molar-refractivity contribution in [3.05, 3.63) is 29.8 Å². The number of imidazole rings is 1. The summed E-state index contributed by atoms with van der Waals surface area (Å²) in [7, 11) is 1.92. The first-order valence-corrected chi connectivity index (χ1v) is 8.82. The molecule has 26 heavy (non-hydrogen) atoms. The molecule has 0 unspecified atom stereocenters. The van der Waals surface area contributed by atoms with E-state index >= 15 is 0 Å². The highest BCUT2D eigenvalue weighted by Gasteiger charge is 2.35. The number of hydrogen-bond donors (Lipinski definition) is 1. The largest absolute Gasteiger partial charge is 0.365 e. The summed E-state index contributed by atoms with van der Waals surface area (Å²) in [5, 5.41) is 7.86. The maximum absolute atomic E-state index is 13.4. The highest BCUT2D eigenvalue weighted by Crippen LogP contribution is 2.35. The highest BCUT2D eigenvalue weighted by molar-refractivity contribution is 5.87. The lowest BCUT2D eigenvalue weighted by atomic mass is 9.92. The Hall–Kier alpha value is -2.51. The molecule has 0 spiro atoms. The molecule has 1 aliphatic rings. The van der Waals surface area contributed by atoms with E-state index in [9.17, 15) is 8.78 Å². The number of aryl methyl sites for hydroxylation is 3. The lowest BCUT2D eigenvalue weighted by Gasteiger charge is -2.29. The molecule has 8 heteroatoms. The third kappa shape index (κ3) is 3.04. The number of pyridine rings is 1. The molecule has 138 valence electrons. The van der Waals surface area contributed by atoms with Gasteiger partial charge in [0.25, 0.3) is 0 Å². The Morgan fingerprint density at radius 2 is 1.92 bits per heavy atom. The number of aromatic nitrogens is 5. The summed E-state index contributed by atoms with van der Waals surface area (Å²) in [4.78, 5) is 9.15. The molecule has 0 saturated heterocycles. The molecule has 1 N–H and O–H groups in total. The quantitative estimate of drug-likeness (QED) is 0.773. The fourth-order valence-electron chi connectivity index (χ4n) is 3.56. The molecular formula is C18H22F2N6. The van der Waals surface area contributed by atoms with Crippen LogP contribution in [-0.2, 0) is 7.05 Å². The number of alkyl halides is 2. The maximum atomic E-state index is 13.4. The standard InChI is InChI=1S/C18H22F2N6/c1-11-8-12(2)26(24-11)15-9-14-16(21-10-25(14)3)17(23-15)22-13-4-6-18(19,20)7-5-13/h8-10,13H,4-7H2,1-3H3,(H,22,23). The molecule has 3 aromatic heterocycles. The second-order valence-corrected chi connectivity index (χ2v) is 7.17. The molecule has 1 aliphatic carbocycles. The van der Waals surface area contributed by atoms with Crippen LogP contribution in [0.25, 0.3) is 16.9 Å². The minimum atomic E-state index is -2.54. The highest BCUT2D eigenvalue weighted by atomic mass is 19.3. The summed E-state index contributed by atoms with van der Waals surface area (Å²) in [6.45, 7) is 3.92. The Labute approximate surface area is 150 Å². The van der Waals surface area contributed by atoms with Crippen molar-refractivity contribution in [3.63, 3.8) is 0 Å². The first-order chi connectivity index (χ1) is 12.3. The fraction of sp³-hybridized carbons (Fsp3) is 0.500. The molecule has 1 saturated carbocycles. The predicted octanol–water partition coefficient (Wildman–Crippen LogP) is 3.76. The van der Waals surface area contributed by atoms with Crippen LogP contribution in [0.5, 0.6) is 0 Å². The maximum Gasteiger partial charge on any atom is 0.248 e. The van der Waals surface area contributed by atoms with E-state index in [1.165, 1.54) is 0 Å². The molecule has 0 radical (unpaired) electrons. The van der Waals surface area contributed by atoms with Gasteiger partial charge in [-0.05, 0) is 32.8 Å². The second kappa shape index (κ2) is 6.03. The molecule has 3 aromatic rings. The van der Waals surface area contributed by atoms with Crippen LogP contribution in [0.2, 0.25) is 0 Å². The summed E-state index contributed by atoms with van der Waals surface area (Å²) >= 11 is 0. The summed E-state index contributed by atoms with van der Waals surface area (Å²) in [5.41, 5.74) is 3.57. The molecule has 3 heterocycles. The van der Waals surface area contributed by atoms with Crippen molar-refractivity contribution in [2.24, 2.45) is 7.05 Å². The van der Waals surface area contributed by atoms with E-state index < -0.39 is 5.92 Å². The Bertz CT molecular complexity index is 948. The van der Waals surface area contributed by atoms with E-state index in [1.807, 2.05) is 37.6 Å². The summed E-state index contributed by atoms with van der Waals surface area (Å²) < 4.78 is 30.6. The average molecular weight is 360 g/mol.